The molecule has 0 saturated heterocycles. The second-order valence-corrected chi connectivity index (χ2v) is 4.81. The Morgan fingerprint density at radius 3 is 2.79 bits per heavy atom. The van der Waals surface area contributed by atoms with Crippen LogP contribution in [0.4, 0.5) is 0 Å². The van der Waals surface area contributed by atoms with Crippen molar-refractivity contribution in [2.75, 3.05) is 0 Å². The lowest BCUT2D eigenvalue weighted by molar-refractivity contribution is 0.304. The minimum absolute atomic E-state index is 0.0514. The van der Waals surface area contributed by atoms with E-state index in [1.807, 2.05) is 43.1 Å². The summed E-state index contributed by atoms with van der Waals surface area (Å²) in [6.07, 6.45) is 3.85. The lowest BCUT2D eigenvalue weighted by Gasteiger charge is -2.11. The largest absolute Gasteiger partial charge is 0.489 e. The maximum atomic E-state index is 5.86. The number of benzene rings is 1. The van der Waals surface area contributed by atoms with Crippen molar-refractivity contribution in [3.63, 3.8) is 0 Å². The molecule has 4 nitrogen and oxygen atoms in total. The summed E-state index contributed by atoms with van der Waals surface area (Å²) in [4.78, 5) is 0. The Kier molecular flexibility index (Phi) is 4.22. The summed E-state index contributed by atoms with van der Waals surface area (Å²) in [6, 6.07) is 6.13. The zero-order chi connectivity index (χ0) is 13.8. The van der Waals surface area contributed by atoms with E-state index in [-0.39, 0.29) is 6.04 Å². The predicted molar refractivity (Wildman–Crippen MR) is 76.0 cm³/mol. The number of nitrogens with zero attached hydrogens (tertiary/aromatic N) is 2. The van der Waals surface area contributed by atoms with Crippen LogP contribution in [0, 0.1) is 6.92 Å². The Morgan fingerprint density at radius 1 is 1.42 bits per heavy atom. The fourth-order valence-electron chi connectivity index (χ4n) is 1.93. The van der Waals surface area contributed by atoms with Gasteiger partial charge in [0.15, 0.2) is 0 Å². The molecule has 2 aromatic rings. The van der Waals surface area contributed by atoms with Crippen LogP contribution in [0.15, 0.2) is 30.6 Å². The number of aromatic nitrogens is 2. The van der Waals surface area contributed by atoms with Crippen LogP contribution in [0.1, 0.15) is 36.6 Å². The van der Waals surface area contributed by atoms with Gasteiger partial charge in [0.05, 0.1) is 6.20 Å². The van der Waals surface area contributed by atoms with Gasteiger partial charge in [0.25, 0.3) is 0 Å². The van der Waals surface area contributed by atoms with Gasteiger partial charge in [-0.3, -0.25) is 4.68 Å². The van der Waals surface area contributed by atoms with Crippen molar-refractivity contribution in [1.82, 2.24) is 9.78 Å². The Morgan fingerprint density at radius 2 is 2.21 bits per heavy atom. The van der Waals surface area contributed by atoms with Crippen LogP contribution in [-0.4, -0.2) is 9.78 Å². The Hall–Kier alpha value is -1.81. The Bertz CT molecular complexity index is 546. The molecular weight excluding hydrogens is 238 g/mol. The van der Waals surface area contributed by atoms with Gasteiger partial charge in [0.1, 0.15) is 12.4 Å². The van der Waals surface area contributed by atoms with E-state index < -0.39 is 0 Å². The van der Waals surface area contributed by atoms with E-state index in [9.17, 15) is 0 Å². The van der Waals surface area contributed by atoms with Crippen molar-refractivity contribution in [1.29, 1.82) is 0 Å². The topological polar surface area (TPSA) is 53.1 Å². The Labute approximate surface area is 114 Å². The first-order valence-corrected chi connectivity index (χ1v) is 6.60. The summed E-state index contributed by atoms with van der Waals surface area (Å²) in [5, 5.41) is 4.23. The molecule has 2 rings (SSSR count). The first kappa shape index (κ1) is 13.6. The normalized spacial score (nSPS) is 12.4. The summed E-state index contributed by atoms with van der Waals surface area (Å²) in [7, 11) is 0. The third-order valence-electron chi connectivity index (χ3n) is 3.13. The Balaban J connectivity index is 2.03. The molecule has 1 aromatic carbocycles. The second-order valence-electron chi connectivity index (χ2n) is 4.81. The average molecular weight is 259 g/mol. The molecule has 0 aliphatic heterocycles. The van der Waals surface area contributed by atoms with Crippen LogP contribution in [0.2, 0.25) is 0 Å². The van der Waals surface area contributed by atoms with Crippen molar-refractivity contribution in [2.24, 2.45) is 5.73 Å². The van der Waals surface area contributed by atoms with E-state index in [1.54, 1.807) is 0 Å². The number of hydrogen-bond donors (Lipinski definition) is 1. The molecule has 102 valence electrons. The van der Waals surface area contributed by atoms with Crippen LogP contribution < -0.4 is 10.5 Å². The van der Waals surface area contributed by atoms with E-state index in [0.717, 1.165) is 29.0 Å². The summed E-state index contributed by atoms with van der Waals surface area (Å²) in [6.45, 7) is 7.50. The third kappa shape index (κ3) is 3.35. The van der Waals surface area contributed by atoms with Gasteiger partial charge >= 0.3 is 0 Å². The molecule has 0 unspecified atom stereocenters. The lowest BCUT2D eigenvalue weighted by atomic mass is 10.1. The highest BCUT2D eigenvalue weighted by Gasteiger charge is 2.05. The maximum Gasteiger partial charge on any atom is 0.122 e. The van der Waals surface area contributed by atoms with Crippen molar-refractivity contribution in [3.8, 4) is 5.75 Å². The van der Waals surface area contributed by atoms with E-state index in [1.165, 1.54) is 0 Å². The van der Waals surface area contributed by atoms with Gasteiger partial charge in [-0.05, 0) is 38.0 Å². The number of nitrogens with two attached hydrogens (primary N) is 1. The number of ether oxygens (including phenoxy) is 1. The van der Waals surface area contributed by atoms with E-state index in [2.05, 4.69) is 18.1 Å². The van der Waals surface area contributed by atoms with E-state index in [4.69, 9.17) is 10.5 Å². The number of aryl methyl sites for hydroxylation is 2. The molecule has 19 heavy (non-hydrogen) atoms. The smallest absolute Gasteiger partial charge is 0.122 e. The zero-order valence-corrected chi connectivity index (χ0v) is 11.8. The monoisotopic (exact) mass is 259 g/mol. The predicted octanol–water partition coefficient (Wildman–Crippen LogP) is 2.81. The lowest BCUT2D eigenvalue weighted by Crippen LogP contribution is -2.05. The molecule has 0 radical (unpaired) electrons. The third-order valence-corrected chi connectivity index (χ3v) is 3.13. The molecule has 1 heterocycles. The molecule has 0 aliphatic rings. The summed E-state index contributed by atoms with van der Waals surface area (Å²) >= 11 is 0. The summed E-state index contributed by atoms with van der Waals surface area (Å²) in [5.41, 5.74) is 9.18. The maximum absolute atomic E-state index is 5.86. The highest BCUT2D eigenvalue weighted by atomic mass is 16.5. The molecule has 1 aromatic heterocycles. The molecule has 4 heteroatoms. The first-order valence-electron chi connectivity index (χ1n) is 6.60. The van der Waals surface area contributed by atoms with Crippen LogP contribution in [0.3, 0.4) is 0 Å². The molecule has 0 aliphatic carbocycles. The van der Waals surface area contributed by atoms with Gasteiger partial charge in [-0.1, -0.05) is 12.1 Å². The minimum Gasteiger partial charge on any atom is -0.489 e. The average Bonchev–Trinajstić information content (AvgIpc) is 2.85. The molecular formula is C15H21N3O. The van der Waals surface area contributed by atoms with Gasteiger partial charge in [0, 0.05) is 24.3 Å². The highest BCUT2D eigenvalue weighted by molar-refractivity contribution is 5.37. The van der Waals surface area contributed by atoms with Crippen LogP contribution in [0.5, 0.6) is 5.75 Å². The molecule has 2 N–H and O–H groups in total. The van der Waals surface area contributed by atoms with Crippen molar-refractivity contribution >= 4 is 0 Å². The summed E-state index contributed by atoms with van der Waals surface area (Å²) in [5.74, 6) is 0.897. The van der Waals surface area contributed by atoms with E-state index in [0.29, 0.717) is 6.61 Å². The van der Waals surface area contributed by atoms with Crippen molar-refractivity contribution in [3.05, 3.63) is 47.3 Å². The van der Waals surface area contributed by atoms with Gasteiger partial charge in [-0.15, -0.1) is 0 Å². The molecule has 1 atom stereocenters. The minimum atomic E-state index is 0.0514. The molecule has 0 spiro atoms. The van der Waals surface area contributed by atoms with Gasteiger partial charge in [-0.2, -0.15) is 5.10 Å². The second kappa shape index (κ2) is 5.89. The van der Waals surface area contributed by atoms with Crippen molar-refractivity contribution in [2.45, 2.75) is 40.0 Å². The van der Waals surface area contributed by atoms with Gasteiger partial charge in [0.2, 0.25) is 0 Å². The summed E-state index contributed by atoms with van der Waals surface area (Å²) < 4.78 is 7.71. The standard InChI is InChI=1S/C15H21N3O/c1-4-18-9-13(8-17-18)10-19-15-6-5-14(12(3)16)7-11(15)2/h5-9,12H,4,10,16H2,1-3H3/t12-/m0/s1. The van der Waals surface area contributed by atoms with Crippen LogP contribution >= 0.6 is 0 Å². The molecule has 0 saturated carbocycles. The highest BCUT2D eigenvalue weighted by Crippen LogP contribution is 2.22. The number of hydrogen-bond acceptors (Lipinski definition) is 3. The molecule has 0 fully saturated rings. The van der Waals surface area contributed by atoms with E-state index >= 15 is 0 Å². The molecule has 0 bridgehead atoms. The number of rotatable bonds is 5. The van der Waals surface area contributed by atoms with Crippen molar-refractivity contribution < 1.29 is 4.74 Å². The first-order chi connectivity index (χ1) is 9.10. The van der Waals surface area contributed by atoms with Gasteiger partial charge in [-0.25, -0.2) is 0 Å². The SMILES string of the molecule is CCn1cc(COc2ccc([C@H](C)N)cc2C)cn1. The van der Waals surface area contributed by atoms with Crippen LogP contribution in [-0.2, 0) is 13.2 Å². The van der Waals surface area contributed by atoms with Crippen LogP contribution in [0.25, 0.3) is 0 Å². The quantitative estimate of drug-likeness (QED) is 0.898. The fourth-order valence-corrected chi connectivity index (χ4v) is 1.93. The van der Waals surface area contributed by atoms with Gasteiger partial charge < -0.3 is 10.5 Å². The zero-order valence-electron chi connectivity index (χ0n) is 11.8. The fraction of sp³-hybridized carbons (Fsp3) is 0.400. The molecule has 0 amide bonds.